The molecule has 4 heteroatoms. The Morgan fingerprint density at radius 2 is 2.33 bits per heavy atom. The largest absolute Gasteiger partial charge is 0.311 e. The van der Waals surface area contributed by atoms with Gasteiger partial charge in [-0.1, -0.05) is 6.07 Å². The molecule has 0 fully saturated rings. The van der Waals surface area contributed by atoms with Crippen molar-refractivity contribution in [1.82, 2.24) is 0 Å². The second-order valence-electron chi connectivity index (χ2n) is 2.11. The van der Waals surface area contributed by atoms with Gasteiger partial charge >= 0.3 is 0 Å². The summed E-state index contributed by atoms with van der Waals surface area (Å²) in [6, 6.07) is 5.84. The van der Waals surface area contributed by atoms with E-state index in [0.717, 1.165) is 6.21 Å². The number of azo groups is 1. The molecule has 0 heterocycles. The van der Waals surface area contributed by atoms with Gasteiger partial charge < -0.3 is 5.41 Å². The Kier molecular flexibility index (Phi) is 3.07. The molecular weight excluding hydrogens is 157 g/mol. The van der Waals surface area contributed by atoms with E-state index in [1.54, 1.807) is 12.1 Å². The third-order valence-corrected chi connectivity index (χ3v) is 1.17. The zero-order chi connectivity index (χ0) is 8.81. The fraction of sp³-hybridized carbons (Fsp3) is 0.125. The molecule has 3 nitrogen and oxygen atoms in total. The minimum atomic E-state index is -0.332. The van der Waals surface area contributed by atoms with Crippen LogP contribution in [0.3, 0.4) is 0 Å². The van der Waals surface area contributed by atoms with Gasteiger partial charge in [-0.15, -0.1) is 0 Å². The van der Waals surface area contributed by atoms with E-state index < -0.39 is 0 Å². The first-order valence-corrected chi connectivity index (χ1v) is 3.45. The fourth-order valence-corrected chi connectivity index (χ4v) is 0.702. The third kappa shape index (κ3) is 2.57. The second-order valence-corrected chi connectivity index (χ2v) is 2.11. The molecule has 0 bridgehead atoms. The van der Waals surface area contributed by atoms with Crippen molar-refractivity contribution in [3.63, 3.8) is 0 Å². The second kappa shape index (κ2) is 4.33. The van der Waals surface area contributed by atoms with Gasteiger partial charge in [0.25, 0.3) is 0 Å². The molecule has 0 aliphatic rings. The topological polar surface area (TPSA) is 48.6 Å². The van der Waals surface area contributed by atoms with E-state index in [4.69, 9.17) is 5.41 Å². The monoisotopic (exact) mass is 165 g/mol. The number of halogens is 1. The highest BCUT2D eigenvalue weighted by atomic mass is 19.1. The van der Waals surface area contributed by atoms with Crippen LogP contribution in [0.2, 0.25) is 0 Å². The summed E-state index contributed by atoms with van der Waals surface area (Å²) < 4.78 is 12.5. The molecule has 1 N–H and O–H groups in total. The van der Waals surface area contributed by atoms with Crippen LogP contribution in [0.1, 0.15) is 0 Å². The quantitative estimate of drug-likeness (QED) is 0.528. The Labute approximate surface area is 69.5 Å². The van der Waals surface area contributed by atoms with Crippen LogP contribution in [0.25, 0.3) is 0 Å². The lowest BCUT2D eigenvalue weighted by molar-refractivity contribution is 0.628. The summed E-state index contributed by atoms with van der Waals surface area (Å²) in [7, 11) is 0. The highest BCUT2D eigenvalue weighted by Crippen LogP contribution is 2.12. The summed E-state index contributed by atoms with van der Waals surface area (Å²) in [6.07, 6.45) is 1.13. The average Bonchev–Trinajstić information content (AvgIpc) is 2.05. The van der Waals surface area contributed by atoms with Crippen LogP contribution in [-0.2, 0) is 0 Å². The maximum absolute atomic E-state index is 12.5. The number of nitrogens with one attached hydrogen (secondary N) is 1. The maximum Gasteiger partial charge on any atom is 0.125 e. The molecule has 12 heavy (non-hydrogen) atoms. The summed E-state index contributed by atoms with van der Waals surface area (Å²) in [5.41, 5.74) is 0.469. The minimum absolute atomic E-state index is 0.233. The van der Waals surface area contributed by atoms with E-state index in [1.165, 1.54) is 12.1 Å². The first-order valence-electron chi connectivity index (χ1n) is 3.45. The Bertz CT molecular complexity index is 296. The summed E-state index contributed by atoms with van der Waals surface area (Å²) in [5, 5.41) is 14.0. The van der Waals surface area contributed by atoms with E-state index >= 15 is 0 Å². The Morgan fingerprint density at radius 3 is 3.00 bits per heavy atom. The first kappa shape index (κ1) is 8.52. The number of nitrogens with zero attached hydrogens (tertiary/aromatic N) is 2. The summed E-state index contributed by atoms with van der Waals surface area (Å²) >= 11 is 0. The van der Waals surface area contributed by atoms with E-state index in [-0.39, 0.29) is 12.4 Å². The van der Waals surface area contributed by atoms with Crippen molar-refractivity contribution in [3.05, 3.63) is 30.1 Å². The van der Waals surface area contributed by atoms with Gasteiger partial charge in [0.1, 0.15) is 5.82 Å². The van der Waals surface area contributed by atoms with Crippen LogP contribution in [-0.4, -0.2) is 12.8 Å². The molecule has 62 valence electrons. The van der Waals surface area contributed by atoms with Crippen LogP contribution in [0.4, 0.5) is 10.1 Å². The number of benzene rings is 1. The molecule has 0 spiro atoms. The van der Waals surface area contributed by atoms with E-state index in [1.807, 2.05) is 0 Å². The van der Waals surface area contributed by atoms with Crippen molar-refractivity contribution in [3.8, 4) is 0 Å². The van der Waals surface area contributed by atoms with Crippen molar-refractivity contribution in [1.29, 1.82) is 5.41 Å². The lowest BCUT2D eigenvalue weighted by Gasteiger charge is -1.90. The van der Waals surface area contributed by atoms with Crippen LogP contribution in [0.15, 0.2) is 34.5 Å². The van der Waals surface area contributed by atoms with Gasteiger partial charge in [-0.25, -0.2) is 4.39 Å². The number of hydrogen-bond acceptors (Lipinski definition) is 3. The van der Waals surface area contributed by atoms with E-state index in [2.05, 4.69) is 10.2 Å². The van der Waals surface area contributed by atoms with Crippen molar-refractivity contribution < 1.29 is 4.39 Å². The van der Waals surface area contributed by atoms with Crippen molar-refractivity contribution in [2.45, 2.75) is 0 Å². The minimum Gasteiger partial charge on any atom is -0.311 e. The van der Waals surface area contributed by atoms with Crippen LogP contribution in [0, 0.1) is 11.2 Å². The Morgan fingerprint density at radius 1 is 1.50 bits per heavy atom. The molecule has 0 atom stereocenters. The molecule has 1 aromatic rings. The van der Waals surface area contributed by atoms with Gasteiger partial charge in [0.15, 0.2) is 0 Å². The summed E-state index contributed by atoms with van der Waals surface area (Å²) in [4.78, 5) is 0. The zero-order valence-corrected chi connectivity index (χ0v) is 6.37. The fourth-order valence-electron chi connectivity index (χ4n) is 0.702. The van der Waals surface area contributed by atoms with E-state index in [0.29, 0.717) is 5.69 Å². The maximum atomic E-state index is 12.5. The predicted octanol–water partition coefficient (Wildman–Crippen LogP) is 2.56. The molecule has 0 saturated heterocycles. The molecular formula is C8H8FN3. The Hall–Kier alpha value is -1.58. The third-order valence-electron chi connectivity index (χ3n) is 1.17. The van der Waals surface area contributed by atoms with Crippen LogP contribution >= 0.6 is 0 Å². The lowest BCUT2D eigenvalue weighted by Crippen LogP contribution is -1.75. The first-order chi connectivity index (χ1) is 5.83. The van der Waals surface area contributed by atoms with Crippen molar-refractivity contribution in [2.75, 3.05) is 6.54 Å². The Balaban J connectivity index is 2.69. The summed E-state index contributed by atoms with van der Waals surface area (Å²) in [6.45, 7) is 0.233. The van der Waals surface area contributed by atoms with Crippen molar-refractivity contribution >= 4 is 11.9 Å². The molecule has 1 rings (SSSR count). The highest BCUT2D eigenvalue weighted by Gasteiger charge is 1.90. The number of rotatable bonds is 3. The van der Waals surface area contributed by atoms with Crippen LogP contribution < -0.4 is 0 Å². The van der Waals surface area contributed by atoms with E-state index in [9.17, 15) is 4.39 Å². The van der Waals surface area contributed by atoms with Gasteiger partial charge in [-0.05, 0) is 12.1 Å². The SMILES string of the molecule is N=CCN=Nc1cccc(F)c1. The lowest BCUT2D eigenvalue weighted by atomic mass is 10.3. The van der Waals surface area contributed by atoms with Gasteiger partial charge in [0.2, 0.25) is 0 Å². The van der Waals surface area contributed by atoms with Gasteiger partial charge in [0.05, 0.1) is 12.2 Å². The molecule has 0 radical (unpaired) electrons. The van der Waals surface area contributed by atoms with Crippen molar-refractivity contribution in [2.24, 2.45) is 10.2 Å². The molecule has 0 unspecified atom stereocenters. The molecule has 0 aliphatic carbocycles. The van der Waals surface area contributed by atoms with Gasteiger partial charge in [0, 0.05) is 12.3 Å². The molecule has 0 aliphatic heterocycles. The zero-order valence-electron chi connectivity index (χ0n) is 6.37. The van der Waals surface area contributed by atoms with Gasteiger partial charge in [-0.3, -0.25) is 0 Å². The molecule has 0 saturated carbocycles. The number of hydrogen-bond donors (Lipinski definition) is 1. The predicted molar refractivity (Wildman–Crippen MR) is 44.6 cm³/mol. The molecule has 0 aromatic heterocycles. The highest BCUT2D eigenvalue weighted by molar-refractivity contribution is 5.55. The standard InChI is InChI=1S/C8H8FN3/c9-7-2-1-3-8(6-7)12-11-5-4-10/h1-4,6,10H,5H2. The smallest absolute Gasteiger partial charge is 0.125 e. The van der Waals surface area contributed by atoms with Crippen LogP contribution in [0.5, 0.6) is 0 Å². The average molecular weight is 165 g/mol. The summed E-state index contributed by atoms with van der Waals surface area (Å²) in [5.74, 6) is -0.332. The van der Waals surface area contributed by atoms with Gasteiger partial charge in [-0.2, -0.15) is 10.2 Å². The normalized spacial score (nSPS) is 10.4. The molecule has 0 amide bonds. The molecule has 1 aromatic carbocycles.